The van der Waals surface area contributed by atoms with Gasteiger partial charge in [-0.05, 0) is 56.8 Å². The molecule has 5 nitrogen and oxygen atoms in total. The van der Waals surface area contributed by atoms with Crippen LogP contribution < -0.4 is 5.73 Å². The molecule has 2 rings (SSSR count). The highest BCUT2D eigenvalue weighted by atomic mass is 79.9. The van der Waals surface area contributed by atoms with Crippen LogP contribution in [0.25, 0.3) is 0 Å². The Morgan fingerprint density at radius 2 is 1.43 bits per heavy atom. The topological polar surface area (TPSA) is 85.9 Å². The number of nitrogen functional groups attached to an aromatic ring is 1. The zero-order valence-electron chi connectivity index (χ0n) is 11.7. The van der Waals surface area contributed by atoms with Crippen LogP contribution >= 0.6 is 65.7 Å². The van der Waals surface area contributed by atoms with Crippen molar-refractivity contribution in [3.05, 3.63) is 42.8 Å². The third kappa shape index (κ3) is 5.44. The lowest BCUT2D eigenvalue weighted by atomic mass is 10.3. The quantitative estimate of drug-likeness (QED) is 0.412. The molecule has 0 spiro atoms. The molecule has 0 saturated carbocycles. The number of nitrogens with zero attached hydrogens (tertiary/aromatic N) is 2. The summed E-state index contributed by atoms with van der Waals surface area (Å²) in [7, 11) is 1.33. The smallest absolute Gasteiger partial charge is 0.264 e. The van der Waals surface area contributed by atoms with Crippen molar-refractivity contribution < 1.29 is 8.42 Å². The summed E-state index contributed by atoms with van der Waals surface area (Å²) in [5.41, 5.74) is 7.48. The summed E-state index contributed by atoms with van der Waals surface area (Å²) in [4.78, 5) is 7.35. The van der Waals surface area contributed by atoms with Crippen molar-refractivity contribution in [2.24, 2.45) is 0 Å². The first-order chi connectivity index (χ1) is 10.5. The van der Waals surface area contributed by atoms with E-state index < -0.39 is 9.05 Å². The first-order valence-corrected chi connectivity index (χ1v) is 10.4. The SMILES string of the molecule is Cc1c(Br)cnc(Cl)c1N.Cc1c(Br)cnc(Cl)c1S(=O)(=O)Cl. The van der Waals surface area contributed by atoms with E-state index >= 15 is 0 Å². The highest BCUT2D eigenvalue weighted by Gasteiger charge is 2.20. The molecular weight excluding hydrogens is 516 g/mol. The van der Waals surface area contributed by atoms with Crippen molar-refractivity contribution in [3.8, 4) is 0 Å². The monoisotopic (exact) mass is 523 g/mol. The normalized spacial score (nSPS) is 10.9. The fourth-order valence-corrected chi connectivity index (χ4v) is 4.23. The molecule has 2 aromatic rings. The number of anilines is 1. The zero-order chi connectivity index (χ0) is 17.9. The highest BCUT2D eigenvalue weighted by Crippen LogP contribution is 2.30. The van der Waals surface area contributed by atoms with Gasteiger partial charge in [0, 0.05) is 32.0 Å². The number of aromatic nitrogens is 2. The Bertz CT molecular complexity index is 821. The second-order valence-corrected chi connectivity index (χ2v) is 9.15. The molecule has 2 heterocycles. The largest absolute Gasteiger partial charge is 0.396 e. The van der Waals surface area contributed by atoms with Crippen LogP contribution in [0.15, 0.2) is 26.2 Å². The van der Waals surface area contributed by atoms with E-state index in [-0.39, 0.29) is 10.0 Å². The Morgan fingerprint density at radius 3 is 1.83 bits per heavy atom. The minimum atomic E-state index is -3.84. The van der Waals surface area contributed by atoms with Crippen LogP contribution in [0, 0.1) is 13.8 Å². The fourth-order valence-electron chi connectivity index (χ4n) is 1.38. The number of halogens is 5. The molecule has 0 saturated heterocycles. The number of hydrogen-bond acceptors (Lipinski definition) is 5. The minimum absolute atomic E-state index is 0.115. The number of pyridine rings is 2. The van der Waals surface area contributed by atoms with Crippen LogP contribution in [-0.4, -0.2) is 18.4 Å². The minimum Gasteiger partial charge on any atom is -0.396 e. The van der Waals surface area contributed by atoms with Gasteiger partial charge in [-0.3, -0.25) is 0 Å². The van der Waals surface area contributed by atoms with Crippen LogP contribution in [0.3, 0.4) is 0 Å². The highest BCUT2D eigenvalue weighted by molar-refractivity contribution is 9.10. The number of hydrogen-bond donors (Lipinski definition) is 1. The molecule has 2 N–H and O–H groups in total. The van der Waals surface area contributed by atoms with Crippen molar-refractivity contribution in [1.29, 1.82) is 0 Å². The molecule has 0 amide bonds. The van der Waals surface area contributed by atoms with Gasteiger partial charge in [0.1, 0.15) is 10.0 Å². The Balaban J connectivity index is 0.000000238. The van der Waals surface area contributed by atoms with Crippen molar-refractivity contribution in [3.63, 3.8) is 0 Å². The van der Waals surface area contributed by atoms with Gasteiger partial charge in [-0.15, -0.1) is 0 Å². The van der Waals surface area contributed by atoms with E-state index in [0.717, 1.165) is 10.0 Å². The second kappa shape index (κ2) is 8.31. The van der Waals surface area contributed by atoms with Gasteiger partial charge in [0.2, 0.25) is 0 Å². The third-order valence-electron chi connectivity index (χ3n) is 2.70. The zero-order valence-corrected chi connectivity index (χ0v) is 18.0. The molecule has 0 aliphatic carbocycles. The summed E-state index contributed by atoms with van der Waals surface area (Å²) >= 11 is 17.6. The summed E-state index contributed by atoms with van der Waals surface area (Å²) < 4.78 is 23.5. The maximum atomic E-state index is 11.0. The molecule has 0 unspecified atom stereocenters. The maximum Gasteiger partial charge on any atom is 0.264 e. The van der Waals surface area contributed by atoms with E-state index in [2.05, 4.69) is 41.8 Å². The van der Waals surface area contributed by atoms with Gasteiger partial charge in [0.25, 0.3) is 9.05 Å². The molecule has 0 aliphatic rings. The summed E-state index contributed by atoms with van der Waals surface area (Å²) in [6.45, 7) is 3.47. The second-order valence-electron chi connectivity index (χ2n) is 4.22. The molecule has 0 atom stereocenters. The van der Waals surface area contributed by atoms with Gasteiger partial charge < -0.3 is 5.73 Å². The van der Waals surface area contributed by atoms with E-state index in [4.69, 9.17) is 39.6 Å². The predicted molar refractivity (Wildman–Crippen MR) is 101 cm³/mol. The summed E-state index contributed by atoms with van der Waals surface area (Å²) in [5, 5.41) is 0.247. The van der Waals surface area contributed by atoms with Gasteiger partial charge in [0.05, 0.1) is 5.69 Å². The molecule has 23 heavy (non-hydrogen) atoms. The molecule has 2 aromatic heterocycles. The van der Waals surface area contributed by atoms with Crippen LogP contribution in [0.5, 0.6) is 0 Å². The van der Waals surface area contributed by atoms with Gasteiger partial charge in [0.15, 0.2) is 5.15 Å². The summed E-state index contributed by atoms with van der Waals surface area (Å²) in [6, 6.07) is 0. The average Bonchev–Trinajstić information content (AvgIpc) is 2.44. The Hall–Kier alpha value is -0.120. The van der Waals surface area contributed by atoms with Gasteiger partial charge >= 0.3 is 0 Å². The van der Waals surface area contributed by atoms with Gasteiger partial charge in [-0.1, -0.05) is 23.2 Å². The molecule has 0 fully saturated rings. The van der Waals surface area contributed by atoms with Crippen molar-refractivity contribution in [2.45, 2.75) is 18.7 Å². The fraction of sp³-hybridized carbons (Fsp3) is 0.167. The van der Waals surface area contributed by atoms with Gasteiger partial charge in [-0.25, -0.2) is 18.4 Å². The van der Waals surface area contributed by atoms with E-state index in [9.17, 15) is 8.42 Å². The lowest BCUT2D eigenvalue weighted by Crippen LogP contribution is -1.98. The predicted octanol–water partition coefficient (Wildman–Crippen LogP) is 5.12. The Labute approximate surface area is 165 Å². The van der Waals surface area contributed by atoms with Crippen LogP contribution in [0.4, 0.5) is 5.69 Å². The first-order valence-electron chi connectivity index (χ1n) is 5.78. The van der Waals surface area contributed by atoms with E-state index in [1.807, 2.05) is 6.92 Å². The molecule has 126 valence electrons. The lowest BCUT2D eigenvalue weighted by Gasteiger charge is -2.04. The Kier molecular flexibility index (Phi) is 7.56. The first kappa shape index (κ1) is 20.9. The van der Waals surface area contributed by atoms with Crippen LogP contribution in [0.1, 0.15) is 11.1 Å². The van der Waals surface area contributed by atoms with Crippen molar-refractivity contribution in [1.82, 2.24) is 9.97 Å². The molecule has 0 bridgehead atoms. The van der Waals surface area contributed by atoms with E-state index in [1.165, 1.54) is 6.20 Å². The van der Waals surface area contributed by atoms with Crippen LogP contribution in [0.2, 0.25) is 10.3 Å². The van der Waals surface area contributed by atoms with E-state index in [1.54, 1.807) is 13.1 Å². The molecular formula is C12H10Br2Cl3N3O2S. The molecule has 0 radical (unpaired) electrons. The van der Waals surface area contributed by atoms with E-state index in [0.29, 0.717) is 20.9 Å². The lowest BCUT2D eigenvalue weighted by molar-refractivity contribution is 0.608. The molecule has 11 heteroatoms. The summed E-state index contributed by atoms with van der Waals surface area (Å²) in [5.74, 6) is 0. The third-order valence-corrected chi connectivity index (χ3v) is 6.45. The maximum absolute atomic E-state index is 11.0. The number of nitrogens with two attached hydrogens (primary N) is 1. The van der Waals surface area contributed by atoms with Crippen molar-refractivity contribution in [2.75, 3.05) is 5.73 Å². The average molecular weight is 526 g/mol. The standard InChI is InChI=1S/C6H4BrCl2NO2S.C6H6BrClN2/c1-3-4(7)2-10-6(8)5(3)13(9,11)12;1-3-4(7)2-10-6(8)5(3)9/h2H,1H3;2H,9H2,1H3. The summed E-state index contributed by atoms with van der Waals surface area (Å²) in [6.07, 6.45) is 3.05. The Morgan fingerprint density at radius 1 is 1.00 bits per heavy atom. The number of rotatable bonds is 1. The molecule has 0 aromatic carbocycles. The van der Waals surface area contributed by atoms with Gasteiger partial charge in [-0.2, -0.15) is 0 Å². The van der Waals surface area contributed by atoms with Crippen LogP contribution in [-0.2, 0) is 9.05 Å². The van der Waals surface area contributed by atoms with Crippen molar-refractivity contribution >= 4 is 80.5 Å². The molecule has 0 aliphatic heterocycles.